The Morgan fingerprint density at radius 1 is 1.18 bits per heavy atom. The number of aromatic carboxylic acids is 1. The Hall–Kier alpha value is -1.89. The van der Waals surface area contributed by atoms with Crippen LogP contribution in [0.1, 0.15) is 29.6 Å². The van der Waals surface area contributed by atoms with E-state index in [9.17, 15) is 18.0 Å². The lowest BCUT2D eigenvalue weighted by molar-refractivity contribution is -0.118. The van der Waals surface area contributed by atoms with Crippen molar-refractivity contribution in [3.05, 3.63) is 23.8 Å². The highest BCUT2D eigenvalue weighted by Gasteiger charge is 2.56. The number of carboxylic acids is 1. The fraction of sp³-hybridized carbons (Fsp3) is 0.467. The molecule has 2 aliphatic carbocycles. The van der Waals surface area contributed by atoms with Crippen LogP contribution < -0.4 is 5.32 Å². The standard InChI is InChI=1S/C15H17NO5S/c1-22(20,21)10-6-8(15(18)19)5-9(7-10)16-14(17)13-11-3-2-4-12(11)13/h5-7,11-13H,2-4H2,1H3,(H,16,17)(H,18,19). The molecule has 2 aliphatic rings. The van der Waals surface area contributed by atoms with Crippen molar-refractivity contribution in [2.45, 2.75) is 24.2 Å². The van der Waals surface area contributed by atoms with Crippen LogP contribution in [0.5, 0.6) is 0 Å². The van der Waals surface area contributed by atoms with Crippen molar-refractivity contribution in [2.75, 3.05) is 11.6 Å². The Morgan fingerprint density at radius 3 is 2.36 bits per heavy atom. The summed E-state index contributed by atoms with van der Waals surface area (Å²) in [6.07, 6.45) is 4.29. The minimum atomic E-state index is -3.55. The molecule has 1 amide bonds. The number of carbonyl (C=O) groups excluding carboxylic acids is 1. The Bertz CT molecular complexity index is 745. The monoisotopic (exact) mass is 323 g/mol. The van der Waals surface area contributed by atoms with E-state index in [1.807, 2.05) is 0 Å². The highest BCUT2D eigenvalue weighted by molar-refractivity contribution is 7.90. The molecular weight excluding hydrogens is 306 g/mol. The van der Waals surface area contributed by atoms with Gasteiger partial charge in [0.05, 0.1) is 10.5 Å². The summed E-state index contributed by atoms with van der Waals surface area (Å²) in [6.45, 7) is 0. The number of amides is 1. The van der Waals surface area contributed by atoms with E-state index in [-0.39, 0.29) is 28.0 Å². The Balaban J connectivity index is 1.85. The third-order valence-corrected chi connectivity index (χ3v) is 5.65. The van der Waals surface area contributed by atoms with Gasteiger partial charge in [0.15, 0.2) is 9.84 Å². The summed E-state index contributed by atoms with van der Waals surface area (Å²) in [5, 5.41) is 11.8. The van der Waals surface area contributed by atoms with Crippen LogP contribution in [-0.4, -0.2) is 31.7 Å². The Labute approximate surface area is 128 Å². The van der Waals surface area contributed by atoms with E-state index < -0.39 is 15.8 Å². The predicted molar refractivity (Wildman–Crippen MR) is 79.5 cm³/mol. The molecule has 2 saturated carbocycles. The first-order valence-electron chi connectivity index (χ1n) is 7.16. The molecule has 0 radical (unpaired) electrons. The third kappa shape index (κ3) is 2.72. The van der Waals surface area contributed by atoms with E-state index in [2.05, 4.69) is 5.32 Å². The number of carbonyl (C=O) groups is 2. The third-order valence-electron chi connectivity index (χ3n) is 4.56. The maximum absolute atomic E-state index is 12.2. The highest BCUT2D eigenvalue weighted by atomic mass is 32.2. The maximum Gasteiger partial charge on any atom is 0.335 e. The molecule has 0 aromatic heterocycles. The average Bonchev–Trinajstić information content (AvgIpc) is 2.91. The molecule has 0 saturated heterocycles. The minimum Gasteiger partial charge on any atom is -0.478 e. The van der Waals surface area contributed by atoms with Gasteiger partial charge in [-0.3, -0.25) is 4.79 Å². The van der Waals surface area contributed by atoms with Gasteiger partial charge in [0, 0.05) is 17.9 Å². The van der Waals surface area contributed by atoms with Gasteiger partial charge in [-0.15, -0.1) is 0 Å². The molecule has 1 aromatic rings. The summed E-state index contributed by atoms with van der Waals surface area (Å²) < 4.78 is 23.3. The summed E-state index contributed by atoms with van der Waals surface area (Å²) in [5.41, 5.74) is 0.0597. The van der Waals surface area contributed by atoms with Gasteiger partial charge in [-0.05, 0) is 42.9 Å². The zero-order chi connectivity index (χ0) is 16.1. The molecule has 0 aliphatic heterocycles. The first-order valence-corrected chi connectivity index (χ1v) is 9.06. The van der Waals surface area contributed by atoms with Gasteiger partial charge in [-0.25, -0.2) is 13.2 Å². The molecule has 0 spiro atoms. The molecule has 1 aromatic carbocycles. The van der Waals surface area contributed by atoms with Gasteiger partial charge in [0.1, 0.15) is 0 Å². The molecule has 6 nitrogen and oxygen atoms in total. The molecule has 2 fully saturated rings. The highest BCUT2D eigenvalue weighted by Crippen LogP contribution is 2.57. The number of sulfone groups is 1. The molecule has 22 heavy (non-hydrogen) atoms. The van der Waals surface area contributed by atoms with E-state index in [0.717, 1.165) is 31.6 Å². The molecule has 0 heterocycles. The molecular formula is C15H17NO5S. The fourth-order valence-electron chi connectivity index (χ4n) is 3.44. The van der Waals surface area contributed by atoms with Gasteiger partial charge in [-0.2, -0.15) is 0 Å². The SMILES string of the molecule is CS(=O)(=O)c1cc(NC(=O)C2C3CCCC32)cc(C(=O)O)c1. The van der Waals surface area contributed by atoms with Crippen LogP contribution in [0.25, 0.3) is 0 Å². The second-order valence-corrected chi connectivity index (χ2v) is 8.11. The van der Waals surface area contributed by atoms with Crippen molar-refractivity contribution in [2.24, 2.45) is 17.8 Å². The van der Waals surface area contributed by atoms with E-state index in [1.165, 1.54) is 12.1 Å². The molecule has 2 atom stereocenters. The first-order chi connectivity index (χ1) is 10.3. The largest absolute Gasteiger partial charge is 0.478 e. The van der Waals surface area contributed by atoms with Gasteiger partial charge in [0.2, 0.25) is 5.91 Å². The number of rotatable bonds is 4. The van der Waals surface area contributed by atoms with Gasteiger partial charge < -0.3 is 10.4 Å². The molecule has 7 heteroatoms. The minimum absolute atomic E-state index is 0.0103. The van der Waals surface area contributed by atoms with Crippen molar-refractivity contribution in [1.82, 2.24) is 0 Å². The lowest BCUT2D eigenvalue weighted by Crippen LogP contribution is -2.17. The average molecular weight is 323 g/mol. The number of anilines is 1. The quantitative estimate of drug-likeness (QED) is 0.879. The van der Waals surface area contributed by atoms with Crippen LogP contribution in [0, 0.1) is 17.8 Å². The first kappa shape index (κ1) is 15.0. The molecule has 118 valence electrons. The van der Waals surface area contributed by atoms with Crippen LogP contribution in [-0.2, 0) is 14.6 Å². The van der Waals surface area contributed by atoms with Crippen molar-refractivity contribution in [3.63, 3.8) is 0 Å². The van der Waals surface area contributed by atoms with Crippen LogP contribution in [0.2, 0.25) is 0 Å². The molecule has 0 bridgehead atoms. The summed E-state index contributed by atoms with van der Waals surface area (Å²) in [5.74, 6) is -0.501. The van der Waals surface area contributed by atoms with Gasteiger partial charge in [-0.1, -0.05) is 6.42 Å². The lowest BCUT2D eigenvalue weighted by atomic mass is 10.1. The zero-order valence-electron chi connectivity index (χ0n) is 12.1. The Morgan fingerprint density at radius 2 is 1.82 bits per heavy atom. The van der Waals surface area contributed by atoms with Crippen LogP contribution in [0.3, 0.4) is 0 Å². The van der Waals surface area contributed by atoms with Crippen LogP contribution >= 0.6 is 0 Å². The number of hydrogen-bond acceptors (Lipinski definition) is 4. The molecule has 2 N–H and O–H groups in total. The predicted octanol–water partition coefficient (Wildman–Crippen LogP) is 1.77. The van der Waals surface area contributed by atoms with Crippen molar-refractivity contribution >= 4 is 27.4 Å². The maximum atomic E-state index is 12.2. The summed E-state index contributed by atoms with van der Waals surface area (Å²) in [7, 11) is -3.55. The second kappa shape index (κ2) is 5.08. The fourth-order valence-corrected chi connectivity index (χ4v) is 4.13. The number of nitrogens with one attached hydrogen (secondary N) is 1. The Kier molecular flexibility index (Phi) is 3.47. The number of hydrogen-bond donors (Lipinski definition) is 2. The molecule has 3 rings (SSSR count). The van der Waals surface area contributed by atoms with Crippen molar-refractivity contribution in [1.29, 1.82) is 0 Å². The summed E-state index contributed by atoms with van der Waals surface area (Å²) >= 11 is 0. The summed E-state index contributed by atoms with van der Waals surface area (Å²) in [4.78, 5) is 23.2. The summed E-state index contributed by atoms with van der Waals surface area (Å²) in [6, 6.07) is 3.68. The van der Waals surface area contributed by atoms with Gasteiger partial charge >= 0.3 is 5.97 Å². The van der Waals surface area contributed by atoms with E-state index >= 15 is 0 Å². The molecule has 2 unspecified atom stereocenters. The number of fused-ring (bicyclic) bond motifs is 1. The van der Waals surface area contributed by atoms with Crippen molar-refractivity contribution < 1.29 is 23.1 Å². The van der Waals surface area contributed by atoms with Gasteiger partial charge in [0.25, 0.3) is 0 Å². The normalized spacial score (nSPS) is 26.3. The topological polar surface area (TPSA) is 101 Å². The van der Waals surface area contributed by atoms with E-state index in [4.69, 9.17) is 5.11 Å². The zero-order valence-corrected chi connectivity index (χ0v) is 12.9. The number of carboxylic acid groups (broad SMARTS) is 1. The van der Waals surface area contributed by atoms with E-state index in [0.29, 0.717) is 11.8 Å². The smallest absolute Gasteiger partial charge is 0.335 e. The van der Waals surface area contributed by atoms with Crippen LogP contribution in [0.4, 0.5) is 5.69 Å². The number of benzene rings is 1. The van der Waals surface area contributed by atoms with Crippen molar-refractivity contribution in [3.8, 4) is 0 Å². The van der Waals surface area contributed by atoms with Crippen LogP contribution in [0.15, 0.2) is 23.1 Å². The van der Waals surface area contributed by atoms with E-state index in [1.54, 1.807) is 0 Å². The second-order valence-electron chi connectivity index (χ2n) is 6.10. The lowest BCUT2D eigenvalue weighted by Gasteiger charge is -2.09.